The Balaban J connectivity index is 1.89. The third kappa shape index (κ3) is 4.67. The molecule has 5 heteroatoms. The molecule has 0 aromatic heterocycles. The molecule has 1 saturated heterocycles. The Morgan fingerprint density at radius 1 is 1.24 bits per heavy atom. The molecule has 1 atom stereocenters. The van der Waals surface area contributed by atoms with Crippen molar-refractivity contribution in [3.8, 4) is 0 Å². The molecular formula is C16H32N2O2S. The molecule has 4 nitrogen and oxygen atoms in total. The van der Waals surface area contributed by atoms with E-state index in [2.05, 4.69) is 13.8 Å². The Morgan fingerprint density at radius 2 is 1.86 bits per heavy atom. The van der Waals surface area contributed by atoms with Crippen LogP contribution in [0.2, 0.25) is 0 Å². The van der Waals surface area contributed by atoms with Gasteiger partial charge in [0.25, 0.3) is 0 Å². The zero-order valence-electron chi connectivity index (χ0n) is 13.8. The van der Waals surface area contributed by atoms with Crippen LogP contribution in [0.15, 0.2) is 0 Å². The van der Waals surface area contributed by atoms with Crippen molar-refractivity contribution in [2.24, 2.45) is 23.5 Å². The monoisotopic (exact) mass is 316 g/mol. The van der Waals surface area contributed by atoms with Gasteiger partial charge in [-0.1, -0.05) is 13.8 Å². The maximum absolute atomic E-state index is 11.7. The van der Waals surface area contributed by atoms with Gasteiger partial charge in [-0.2, -0.15) is 0 Å². The lowest BCUT2D eigenvalue weighted by Crippen LogP contribution is -2.48. The SMILES string of the molecule is CC(C)C1CCC(N)(CC2CCCN(S(C)(=O)=O)C2)CC1. The molecule has 1 saturated carbocycles. The van der Waals surface area contributed by atoms with Crippen molar-refractivity contribution in [2.75, 3.05) is 19.3 Å². The average Bonchev–Trinajstić information content (AvgIpc) is 2.38. The molecule has 0 amide bonds. The summed E-state index contributed by atoms with van der Waals surface area (Å²) in [5, 5.41) is 0. The lowest BCUT2D eigenvalue weighted by molar-refractivity contribution is 0.146. The smallest absolute Gasteiger partial charge is 0.211 e. The molecule has 21 heavy (non-hydrogen) atoms. The Hall–Kier alpha value is -0.130. The van der Waals surface area contributed by atoms with E-state index >= 15 is 0 Å². The molecule has 0 spiro atoms. The number of nitrogens with two attached hydrogens (primary N) is 1. The molecule has 0 radical (unpaired) electrons. The first kappa shape index (κ1) is 17.2. The number of sulfonamides is 1. The predicted molar refractivity (Wildman–Crippen MR) is 87.5 cm³/mol. The molecule has 2 N–H and O–H groups in total. The van der Waals surface area contributed by atoms with Crippen LogP contribution < -0.4 is 5.73 Å². The lowest BCUT2D eigenvalue weighted by atomic mass is 9.69. The van der Waals surface area contributed by atoms with Crippen molar-refractivity contribution in [3.63, 3.8) is 0 Å². The Bertz CT molecular complexity index is 439. The van der Waals surface area contributed by atoms with Crippen LogP contribution in [-0.2, 0) is 10.0 Å². The van der Waals surface area contributed by atoms with Crippen LogP contribution in [0, 0.1) is 17.8 Å². The summed E-state index contributed by atoms with van der Waals surface area (Å²) in [6.07, 6.45) is 9.08. The average molecular weight is 317 g/mol. The number of rotatable bonds is 4. The topological polar surface area (TPSA) is 63.4 Å². The van der Waals surface area contributed by atoms with Gasteiger partial charge >= 0.3 is 0 Å². The van der Waals surface area contributed by atoms with Gasteiger partial charge in [0, 0.05) is 18.6 Å². The van der Waals surface area contributed by atoms with E-state index in [0.29, 0.717) is 19.0 Å². The van der Waals surface area contributed by atoms with E-state index in [9.17, 15) is 8.42 Å². The number of piperidine rings is 1. The third-order valence-corrected chi connectivity index (χ3v) is 6.88. The summed E-state index contributed by atoms with van der Waals surface area (Å²) in [5.41, 5.74) is 6.58. The molecule has 0 bridgehead atoms. The summed E-state index contributed by atoms with van der Waals surface area (Å²) in [6.45, 7) is 5.96. The molecule has 2 fully saturated rings. The van der Waals surface area contributed by atoms with Gasteiger partial charge < -0.3 is 5.73 Å². The van der Waals surface area contributed by atoms with Gasteiger partial charge in [-0.3, -0.25) is 0 Å². The van der Waals surface area contributed by atoms with Crippen LogP contribution in [0.4, 0.5) is 0 Å². The van der Waals surface area contributed by atoms with E-state index in [1.165, 1.54) is 19.1 Å². The van der Waals surface area contributed by atoms with E-state index in [4.69, 9.17) is 5.73 Å². The fourth-order valence-electron chi connectivity index (χ4n) is 4.16. The van der Waals surface area contributed by atoms with Gasteiger partial charge in [0.2, 0.25) is 10.0 Å². The maximum Gasteiger partial charge on any atom is 0.211 e. The molecule has 124 valence electrons. The predicted octanol–water partition coefficient (Wildman–Crippen LogP) is 2.59. The van der Waals surface area contributed by atoms with E-state index in [-0.39, 0.29) is 5.54 Å². The highest BCUT2D eigenvalue weighted by molar-refractivity contribution is 7.88. The van der Waals surface area contributed by atoms with Crippen molar-refractivity contribution in [3.05, 3.63) is 0 Å². The van der Waals surface area contributed by atoms with Crippen molar-refractivity contribution in [1.29, 1.82) is 0 Å². The Kier molecular flexibility index (Phi) is 5.37. The summed E-state index contributed by atoms with van der Waals surface area (Å²) in [4.78, 5) is 0. The molecule has 0 aromatic carbocycles. The van der Waals surface area contributed by atoms with Crippen LogP contribution in [0.1, 0.15) is 58.8 Å². The summed E-state index contributed by atoms with van der Waals surface area (Å²) in [5.74, 6) is 2.01. The van der Waals surface area contributed by atoms with Gasteiger partial charge in [0.15, 0.2) is 0 Å². The van der Waals surface area contributed by atoms with Crippen LogP contribution in [0.5, 0.6) is 0 Å². The normalized spacial score (nSPS) is 36.0. The maximum atomic E-state index is 11.7. The summed E-state index contributed by atoms with van der Waals surface area (Å²) < 4.78 is 25.1. The lowest BCUT2D eigenvalue weighted by Gasteiger charge is -2.42. The zero-order chi connectivity index (χ0) is 15.7. The van der Waals surface area contributed by atoms with Gasteiger partial charge in [-0.15, -0.1) is 0 Å². The molecule has 1 unspecified atom stereocenters. The molecule has 1 heterocycles. The first-order chi connectivity index (χ1) is 9.70. The second kappa shape index (κ2) is 6.55. The molecule has 1 aliphatic heterocycles. The quantitative estimate of drug-likeness (QED) is 0.867. The molecule has 0 aromatic rings. The Labute approximate surface area is 130 Å². The van der Waals surface area contributed by atoms with Gasteiger partial charge in [-0.25, -0.2) is 12.7 Å². The van der Waals surface area contributed by atoms with Gasteiger partial charge in [-0.05, 0) is 62.7 Å². The van der Waals surface area contributed by atoms with Crippen LogP contribution in [0.3, 0.4) is 0 Å². The first-order valence-electron chi connectivity index (χ1n) is 8.44. The van der Waals surface area contributed by atoms with E-state index in [1.54, 1.807) is 4.31 Å². The molecule has 2 aliphatic rings. The summed E-state index contributed by atoms with van der Waals surface area (Å²) >= 11 is 0. The second-order valence-electron chi connectivity index (χ2n) is 7.78. The standard InChI is InChI=1S/C16H32N2O2S/c1-13(2)15-6-8-16(17,9-7-15)11-14-5-4-10-18(12-14)21(3,19)20/h13-15H,4-12,17H2,1-3H3. The minimum atomic E-state index is -3.05. The molecule has 1 aliphatic carbocycles. The fraction of sp³-hybridized carbons (Fsp3) is 1.00. The van der Waals surface area contributed by atoms with Crippen LogP contribution in [0.25, 0.3) is 0 Å². The molecule has 2 rings (SSSR count). The van der Waals surface area contributed by atoms with Gasteiger partial charge in [0.1, 0.15) is 0 Å². The summed E-state index contributed by atoms with van der Waals surface area (Å²) in [7, 11) is -3.05. The minimum Gasteiger partial charge on any atom is -0.325 e. The highest BCUT2D eigenvalue weighted by Gasteiger charge is 2.36. The highest BCUT2D eigenvalue weighted by Crippen LogP contribution is 2.39. The van der Waals surface area contributed by atoms with Crippen molar-refractivity contribution in [1.82, 2.24) is 4.31 Å². The van der Waals surface area contributed by atoms with Crippen LogP contribution in [-0.4, -0.2) is 37.6 Å². The second-order valence-corrected chi connectivity index (χ2v) is 9.76. The Morgan fingerprint density at radius 3 is 2.38 bits per heavy atom. The number of hydrogen-bond acceptors (Lipinski definition) is 3. The fourth-order valence-corrected chi connectivity index (χ4v) is 5.10. The van der Waals surface area contributed by atoms with Crippen molar-refractivity contribution < 1.29 is 8.42 Å². The minimum absolute atomic E-state index is 0.0590. The van der Waals surface area contributed by atoms with Crippen molar-refractivity contribution >= 4 is 10.0 Å². The van der Waals surface area contributed by atoms with Gasteiger partial charge in [0.05, 0.1) is 6.26 Å². The molecular weight excluding hydrogens is 284 g/mol. The highest BCUT2D eigenvalue weighted by atomic mass is 32.2. The zero-order valence-corrected chi connectivity index (χ0v) is 14.7. The number of nitrogens with zero attached hydrogens (tertiary/aromatic N) is 1. The first-order valence-corrected chi connectivity index (χ1v) is 10.3. The third-order valence-electron chi connectivity index (χ3n) is 5.61. The van der Waals surface area contributed by atoms with Crippen LogP contribution >= 0.6 is 0 Å². The number of hydrogen-bond donors (Lipinski definition) is 1. The van der Waals surface area contributed by atoms with E-state index < -0.39 is 10.0 Å². The van der Waals surface area contributed by atoms with E-state index in [0.717, 1.165) is 43.9 Å². The van der Waals surface area contributed by atoms with E-state index in [1.807, 2.05) is 0 Å². The summed E-state index contributed by atoms with van der Waals surface area (Å²) in [6, 6.07) is 0. The largest absolute Gasteiger partial charge is 0.325 e. The van der Waals surface area contributed by atoms with Crippen molar-refractivity contribution in [2.45, 2.75) is 64.3 Å².